The van der Waals surface area contributed by atoms with Crippen LogP contribution in [0.4, 0.5) is 0 Å². The Labute approximate surface area is 152 Å². The maximum absolute atomic E-state index is 13.4. The molecular weight excluding hydrogens is 324 g/mol. The number of carbonyl (C=O) groups excluding carboxylic acids is 2. The van der Waals surface area contributed by atoms with Gasteiger partial charge in [0, 0.05) is 5.56 Å². The van der Waals surface area contributed by atoms with Crippen molar-refractivity contribution in [1.29, 1.82) is 0 Å². The highest BCUT2D eigenvalue weighted by Crippen LogP contribution is 2.47. The molecule has 26 heavy (non-hydrogen) atoms. The lowest BCUT2D eigenvalue weighted by Crippen LogP contribution is -2.16. The van der Waals surface area contributed by atoms with Gasteiger partial charge in [-0.05, 0) is 35.2 Å². The molecule has 0 spiro atoms. The van der Waals surface area contributed by atoms with Crippen molar-refractivity contribution < 1.29 is 14.3 Å². The Hall–Kier alpha value is -3.20. The average Bonchev–Trinajstić information content (AvgIpc) is 3.03. The quantitative estimate of drug-likeness (QED) is 0.502. The standard InChI is InChI=1S/C23H18O3/c1-2-26-23(25)19-14-8-13-17-16-11-6-7-12-18(16)21(20(17)19)22(24)15-9-4-3-5-10-15/h3-14,21H,2H2,1H3. The van der Waals surface area contributed by atoms with Crippen LogP contribution in [0.2, 0.25) is 0 Å². The molecule has 0 heterocycles. The molecule has 1 atom stereocenters. The second-order valence-corrected chi connectivity index (χ2v) is 6.24. The number of Topliss-reactive ketones (excluding diaryl/α,β-unsaturated/α-hetero) is 1. The summed E-state index contributed by atoms with van der Waals surface area (Å²) in [5, 5.41) is 0. The van der Waals surface area contributed by atoms with Crippen molar-refractivity contribution in [1.82, 2.24) is 0 Å². The summed E-state index contributed by atoms with van der Waals surface area (Å²) in [4.78, 5) is 25.9. The van der Waals surface area contributed by atoms with E-state index >= 15 is 0 Å². The van der Waals surface area contributed by atoms with Gasteiger partial charge in [0.25, 0.3) is 0 Å². The number of ketones is 1. The Bertz CT molecular complexity index is 989. The summed E-state index contributed by atoms with van der Waals surface area (Å²) < 4.78 is 5.24. The first kappa shape index (κ1) is 16.3. The van der Waals surface area contributed by atoms with Crippen LogP contribution < -0.4 is 0 Å². The molecule has 3 aromatic rings. The van der Waals surface area contributed by atoms with Crippen LogP contribution in [0, 0.1) is 0 Å². The van der Waals surface area contributed by atoms with Gasteiger partial charge in [0.05, 0.1) is 18.1 Å². The summed E-state index contributed by atoms with van der Waals surface area (Å²) >= 11 is 0. The molecule has 0 radical (unpaired) electrons. The molecule has 128 valence electrons. The van der Waals surface area contributed by atoms with Crippen molar-refractivity contribution in [2.45, 2.75) is 12.8 Å². The van der Waals surface area contributed by atoms with Crippen molar-refractivity contribution in [3.8, 4) is 11.1 Å². The molecule has 0 fully saturated rings. The second kappa shape index (κ2) is 6.60. The molecule has 1 aliphatic rings. The zero-order valence-electron chi connectivity index (χ0n) is 14.4. The van der Waals surface area contributed by atoms with Crippen LogP contribution in [-0.2, 0) is 4.74 Å². The molecule has 0 aliphatic heterocycles. The molecule has 0 aromatic heterocycles. The zero-order chi connectivity index (χ0) is 18.1. The predicted octanol–water partition coefficient (Wildman–Crippen LogP) is 4.86. The van der Waals surface area contributed by atoms with Crippen molar-refractivity contribution in [3.05, 3.63) is 95.1 Å². The van der Waals surface area contributed by atoms with E-state index in [1.54, 1.807) is 13.0 Å². The fourth-order valence-electron chi connectivity index (χ4n) is 3.69. The normalized spacial score (nSPS) is 14.4. The van der Waals surface area contributed by atoms with Crippen molar-refractivity contribution >= 4 is 11.8 Å². The molecule has 0 amide bonds. The SMILES string of the molecule is CCOC(=O)c1cccc2c1C(C(=O)c1ccccc1)c1ccccc1-2. The molecule has 1 unspecified atom stereocenters. The molecule has 3 nitrogen and oxygen atoms in total. The number of ether oxygens (including phenoxy) is 1. The van der Waals surface area contributed by atoms with E-state index in [0.29, 0.717) is 17.7 Å². The predicted molar refractivity (Wildman–Crippen MR) is 100 cm³/mol. The molecule has 4 rings (SSSR count). The van der Waals surface area contributed by atoms with Crippen LogP contribution in [-0.4, -0.2) is 18.4 Å². The smallest absolute Gasteiger partial charge is 0.338 e. The van der Waals surface area contributed by atoms with Gasteiger partial charge >= 0.3 is 5.97 Å². The Balaban J connectivity index is 1.93. The summed E-state index contributed by atoms with van der Waals surface area (Å²) in [6.45, 7) is 2.08. The zero-order valence-corrected chi connectivity index (χ0v) is 14.4. The maximum atomic E-state index is 13.4. The van der Waals surface area contributed by atoms with E-state index in [1.807, 2.05) is 66.7 Å². The van der Waals surface area contributed by atoms with Crippen LogP contribution in [0.5, 0.6) is 0 Å². The molecule has 3 heteroatoms. The number of hydrogen-bond acceptors (Lipinski definition) is 3. The third kappa shape index (κ3) is 2.53. The largest absolute Gasteiger partial charge is 0.462 e. The van der Waals surface area contributed by atoms with E-state index in [2.05, 4.69) is 0 Å². The highest BCUT2D eigenvalue weighted by Gasteiger charge is 2.37. The lowest BCUT2D eigenvalue weighted by Gasteiger charge is -2.16. The van der Waals surface area contributed by atoms with Gasteiger partial charge in [0.1, 0.15) is 0 Å². The van der Waals surface area contributed by atoms with Crippen LogP contribution >= 0.6 is 0 Å². The van der Waals surface area contributed by atoms with Crippen molar-refractivity contribution in [3.63, 3.8) is 0 Å². The van der Waals surface area contributed by atoms with E-state index in [0.717, 1.165) is 22.3 Å². The number of fused-ring (bicyclic) bond motifs is 3. The third-order valence-electron chi connectivity index (χ3n) is 4.77. The average molecular weight is 342 g/mol. The first-order valence-electron chi connectivity index (χ1n) is 8.71. The minimum atomic E-state index is -0.496. The highest BCUT2D eigenvalue weighted by atomic mass is 16.5. The number of esters is 1. The number of benzene rings is 3. The summed E-state index contributed by atoms with van der Waals surface area (Å²) in [7, 11) is 0. The van der Waals surface area contributed by atoms with Gasteiger partial charge < -0.3 is 4.74 Å². The first-order valence-corrected chi connectivity index (χ1v) is 8.71. The monoisotopic (exact) mass is 342 g/mol. The molecular formula is C23H18O3. The van der Waals surface area contributed by atoms with Crippen LogP contribution in [0.15, 0.2) is 72.8 Å². The van der Waals surface area contributed by atoms with E-state index in [9.17, 15) is 9.59 Å². The Morgan fingerprint density at radius 3 is 2.31 bits per heavy atom. The molecule has 0 bridgehead atoms. The maximum Gasteiger partial charge on any atom is 0.338 e. The van der Waals surface area contributed by atoms with E-state index < -0.39 is 5.92 Å². The molecule has 0 saturated heterocycles. The Morgan fingerprint density at radius 1 is 0.846 bits per heavy atom. The number of hydrogen-bond donors (Lipinski definition) is 0. The van der Waals surface area contributed by atoms with E-state index in [-0.39, 0.29) is 11.8 Å². The van der Waals surface area contributed by atoms with Gasteiger partial charge in [-0.15, -0.1) is 0 Å². The molecule has 0 saturated carbocycles. The topological polar surface area (TPSA) is 43.4 Å². The molecule has 3 aromatic carbocycles. The van der Waals surface area contributed by atoms with Gasteiger partial charge in [-0.25, -0.2) is 4.79 Å². The van der Waals surface area contributed by atoms with Gasteiger partial charge in [-0.3, -0.25) is 4.79 Å². The van der Waals surface area contributed by atoms with Crippen LogP contribution in [0.25, 0.3) is 11.1 Å². The number of carbonyl (C=O) groups is 2. The minimum Gasteiger partial charge on any atom is -0.462 e. The van der Waals surface area contributed by atoms with Crippen LogP contribution in [0.3, 0.4) is 0 Å². The molecule has 1 aliphatic carbocycles. The lowest BCUT2D eigenvalue weighted by atomic mass is 9.86. The van der Waals surface area contributed by atoms with Gasteiger partial charge in [0.15, 0.2) is 5.78 Å². The van der Waals surface area contributed by atoms with E-state index in [4.69, 9.17) is 4.74 Å². The van der Waals surface area contributed by atoms with Crippen molar-refractivity contribution in [2.24, 2.45) is 0 Å². The summed E-state index contributed by atoms with van der Waals surface area (Å²) in [5.74, 6) is -0.888. The molecule has 0 N–H and O–H groups in total. The van der Waals surface area contributed by atoms with Gasteiger partial charge in [-0.1, -0.05) is 66.7 Å². The third-order valence-corrected chi connectivity index (χ3v) is 4.77. The lowest BCUT2D eigenvalue weighted by molar-refractivity contribution is 0.0525. The highest BCUT2D eigenvalue weighted by molar-refractivity contribution is 6.09. The van der Waals surface area contributed by atoms with E-state index in [1.165, 1.54) is 0 Å². The first-order chi connectivity index (χ1) is 12.7. The fraction of sp³-hybridized carbons (Fsp3) is 0.130. The fourth-order valence-corrected chi connectivity index (χ4v) is 3.69. The van der Waals surface area contributed by atoms with Crippen LogP contribution in [0.1, 0.15) is 44.7 Å². The summed E-state index contributed by atoms with van der Waals surface area (Å²) in [6, 6.07) is 22.6. The second-order valence-electron chi connectivity index (χ2n) is 6.24. The Morgan fingerprint density at radius 2 is 1.54 bits per heavy atom. The minimum absolute atomic E-state index is 0.00597. The van der Waals surface area contributed by atoms with Crippen molar-refractivity contribution in [2.75, 3.05) is 6.61 Å². The number of rotatable bonds is 4. The summed E-state index contributed by atoms with van der Waals surface area (Å²) in [6.07, 6.45) is 0. The van der Waals surface area contributed by atoms with Gasteiger partial charge in [0.2, 0.25) is 0 Å². The summed E-state index contributed by atoms with van der Waals surface area (Å²) in [5.41, 5.74) is 4.73. The Kier molecular flexibility index (Phi) is 4.13. The van der Waals surface area contributed by atoms with Gasteiger partial charge in [-0.2, -0.15) is 0 Å².